The van der Waals surface area contributed by atoms with Crippen LogP contribution in [0.25, 0.3) is 11.0 Å². The Hall–Kier alpha value is -3.94. The van der Waals surface area contributed by atoms with Gasteiger partial charge in [-0.3, -0.25) is 9.78 Å². The highest BCUT2D eigenvalue weighted by Gasteiger charge is 2.46. The first-order chi connectivity index (χ1) is 21.4. The zero-order valence-electron chi connectivity index (χ0n) is 26.1. The predicted molar refractivity (Wildman–Crippen MR) is 165 cm³/mol. The van der Waals surface area contributed by atoms with Gasteiger partial charge in [0.05, 0.1) is 42.9 Å². The number of fused-ring (bicyclic) bond motifs is 2. The molecule has 238 valence electrons. The number of benzene rings is 1. The van der Waals surface area contributed by atoms with E-state index in [4.69, 9.17) is 14.5 Å². The smallest absolute Gasteiger partial charge is 0.310 e. The van der Waals surface area contributed by atoms with E-state index < -0.39 is 32.9 Å². The molecule has 0 radical (unpaired) electrons. The molecule has 1 saturated heterocycles. The lowest BCUT2D eigenvalue weighted by Crippen LogP contribution is -2.50. The van der Waals surface area contributed by atoms with Crippen molar-refractivity contribution in [1.82, 2.24) is 29.3 Å². The number of sulfonamides is 1. The van der Waals surface area contributed by atoms with Gasteiger partial charge in [-0.1, -0.05) is 17.3 Å². The molecule has 4 aromatic rings. The van der Waals surface area contributed by atoms with Crippen LogP contribution < -0.4 is 4.74 Å². The predicted octanol–water partition coefficient (Wildman–Crippen LogP) is 4.23. The monoisotopic (exact) mass is 634 g/mol. The number of pyridine rings is 2. The number of nitrogens with zero attached hydrogens (tertiary/aromatic N) is 6. The van der Waals surface area contributed by atoms with E-state index in [0.29, 0.717) is 49.5 Å². The van der Waals surface area contributed by atoms with Crippen molar-refractivity contribution in [2.75, 3.05) is 19.8 Å². The Bertz CT molecular complexity index is 1880. The van der Waals surface area contributed by atoms with E-state index in [0.717, 1.165) is 22.2 Å². The molecule has 1 unspecified atom stereocenters. The molecule has 1 N–H and O–H groups in total. The van der Waals surface area contributed by atoms with Crippen LogP contribution in [-0.2, 0) is 32.6 Å². The van der Waals surface area contributed by atoms with Crippen LogP contribution in [0.15, 0.2) is 47.5 Å². The summed E-state index contributed by atoms with van der Waals surface area (Å²) in [5, 5.41) is 19.1. The maximum Gasteiger partial charge on any atom is 0.310 e. The fourth-order valence-electron chi connectivity index (χ4n) is 6.42. The van der Waals surface area contributed by atoms with Crippen molar-refractivity contribution in [1.29, 1.82) is 0 Å². The van der Waals surface area contributed by atoms with E-state index in [1.807, 2.05) is 45.0 Å². The molecule has 0 saturated carbocycles. The van der Waals surface area contributed by atoms with E-state index in [9.17, 15) is 18.3 Å². The van der Waals surface area contributed by atoms with Crippen LogP contribution in [0.1, 0.15) is 67.6 Å². The molecule has 0 bridgehead atoms. The lowest BCUT2D eigenvalue weighted by molar-refractivity contribution is -0.147. The minimum absolute atomic E-state index is 0.0103. The Labute approximate surface area is 262 Å². The Balaban J connectivity index is 1.46. The van der Waals surface area contributed by atoms with Crippen LogP contribution in [0.3, 0.4) is 0 Å². The van der Waals surface area contributed by atoms with Crippen molar-refractivity contribution in [2.45, 2.75) is 77.0 Å². The second-order valence-corrected chi connectivity index (χ2v) is 14.4. The Kier molecular flexibility index (Phi) is 7.90. The van der Waals surface area contributed by atoms with Gasteiger partial charge in [0.25, 0.3) is 0 Å². The van der Waals surface area contributed by atoms with Crippen molar-refractivity contribution < 1.29 is 27.8 Å². The number of aliphatic carboxylic acids is 1. The number of rotatable bonds is 7. The van der Waals surface area contributed by atoms with Gasteiger partial charge >= 0.3 is 5.97 Å². The maximum absolute atomic E-state index is 14.1. The molecule has 3 aromatic heterocycles. The van der Waals surface area contributed by atoms with E-state index >= 15 is 0 Å². The zero-order valence-corrected chi connectivity index (χ0v) is 27.0. The molecular weight excluding hydrogens is 596 g/mol. The lowest BCUT2D eigenvalue weighted by atomic mass is 9.71. The van der Waals surface area contributed by atoms with Gasteiger partial charge in [0.2, 0.25) is 15.9 Å². The topological polar surface area (TPSA) is 150 Å². The number of hydrogen-bond acceptors (Lipinski definition) is 9. The van der Waals surface area contributed by atoms with Gasteiger partial charge in [-0.25, -0.2) is 18.1 Å². The third kappa shape index (κ3) is 5.36. The molecule has 13 heteroatoms. The van der Waals surface area contributed by atoms with Gasteiger partial charge in [-0.15, -0.1) is 5.10 Å². The summed E-state index contributed by atoms with van der Waals surface area (Å²) in [5.41, 5.74) is 2.96. The number of aryl methyl sites for hydroxylation is 3. The SMILES string of the molecule is CCn1nnc2c(C)c(C(c3ccc(C)c(CN4CC5(CCOCC5)Oc5ncccc5S4(=O)=O)n3)C(C)(C)C(=O)O)ccc21. The Morgan fingerprint density at radius 1 is 1.13 bits per heavy atom. The Morgan fingerprint density at radius 3 is 2.60 bits per heavy atom. The minimum atomic E-state index is -4.01. The highest BCUT2D eigenvalue weighted by molar-refractivity contribution is 7.89. The molecule has 0 amide bonds. The molecule has 6 rings (SSSR count). The first-order valence-corrected chi connectivity index (χ1v) is 16.6. The van der Waals surface area contributed by atoms with Gasteiger partial charge in [0.1, 0.15) is 16.0 Å². The number of carboxylic acids is 1. The van der Waals surface area contributed by atoms with Crippen molar-refractivity contribution in [2.24, 2.45) is 5.41 Å². The summed E-state index contributed by atoms with van der Waals surface area (Å²) in [6.45, 7) is 10.8. The van der Waals surface area contributed by atoms with Crippen LogP contribution in [0.4, 0.5) is 0 Å². The maximum atomic E-state index is 14.1. The average molecular weight is 635 g/mol. The third-order valence-corrected chi connectivity index (χ3v) is 11.1. The zero-order chi connectivity index (χ0) is 32.1. The number of carbonyl (C=O) groups is 1. The van der Waals surface area contributed by atoms with E-state index in [-0.39, 0.29) is 23.9 Å². The molecule has 2 aliphatic heterocycles. The summed E-state index contributed by atoms with van der Waals surface area (Å²) in [7, 11) is -4.01. The molecule has 1 spiro atoms. The average Bonchev–Trinajstić information content (AvgIpc) is 3.41. The van der Waals surface area contributed by atoms with Gasteiger partial charge < -0.3 is 14.6 Å². The van der Waals surface area contributed by atoms with Crippen LogP contribution in [-0.4, -0.2) is 74.1 Å². The molecule has 45 heavy (non-hydrogen) atoms. The van der Waals surface area contributed by atoms with Crippen LogP contribution in [0.2, 0.25) is 0 Å². The number of hydrogen-bond donors (Lipinski definition) is 1. The van der Waals surface area contributed by atoms with Crippen LogP contribution in [0.5, 0.6) is 5.88 Å². The molecular formula is C32H38N6O6S. The largest absolute Gasteiger partial charge is 0.481 e. The first kappa shape index (κ1) is 31.1. The molecule has 0 aliphatic carbocycles. The molecule has 5 heterocycles. The minimum Gasteiger partial charge on any atom is -0.481 e. The standard InChI is InChI=1S/C32H38N6O6S/c1-6-38-25-12-10-22(21(3)28(25)35-36-38)27(31(4,5)30(39)40)23-11-9-20(2)24(34-23)18-37-19-32(13-16-43-17-14-32)44-29-26(45(37,41)42)8-7-15-33-29/h7-12,15,27H,6,13-14,16-19H2,1-5H3,(H,39,40). The highest BCUT2D eigenvalue weighted by atomic mass is 32.2. The van der Waals surface area contributed by atoms with E-state index in [1.165, 1.54) is 16.6 Å². The highest BCUT2D eigenvalue weighted by Crippen LogP contribution is 2.44. The van der Waals surface area contributed by atoms with Crippen molar-refractivity contribution in [3.8, 4) is 5.88 Å². The van der Waals surface area contributed by atoms with Crippen molar-refractivity contribution in [3.05, 3.63) is 70.7 Å². The Morgan fingerprint density at radius 2 is 1.89 bits per heavy atom. The molecule has 2 aliphatic rings. The van der Waals surface area contributed by atoms with Crippen molar-refractivity contribution in [3.63, 3.8) is 0 Å². The molecule has 1 aromatic carbocycles. The number of ether oxygens (including phenoxy) is 2. The lowest BCUT2D eigenvalue weighted by Gasteiger charge is -2.38. The molecule has 12 nitrogen and oxygen atoms in total. The third-order valence-electron chi connectivity index (χ3n) is 9.25. The fraction of sp³-hybridized carbons (Fsp3) is 0.469. The fourth-order valence-corrected chi connectivity index (χ4v) is 7.96. The second kappa shape index (κ2) is 11.5. The summed E-state index contributed by atoms with van der Waals surface area (Å²) in [6.07, 6.45) is 2.56. The molecule has 1 fully saturated rings. The quantitative estimate of drug-likeness (QED) is 0.313. The van der Waals surface area contributed by atoms with Crippen LogP contribution in [0, 0.1) is 19.3 Å². The first-order valence-electron chi connectivity index (χ1n) is 15.1. The normalized spacial score (nSPS) is 18.7. The van der Waals surface area contributed by atoms with Gasteiger partial charge in [0, 0.05) is 37.2 Å². The summed E-state index contributed by atoms with van der Waals surface area (Å²) in [6, 6.07) is 10.7. The van der Waals surface area contributed by atoms with Gasteiger partial charge in [-0.2, -0.15) is 4.31 Å². The van der Waals surface area contributed by atoms with Crippen LogP contribution >= 0.6 is 0 Å². The summed E-state index contributed by atoms with van der Waals surface area (Å²) >= 11 is 0. The number of aromatic nitrogens is 5. The number of carboxylic acid groups (broad SMARTS) is 1. The second-order valence-electron chi connectivity index (χ2n) is 12.5. The van der Waals surface area contributed by atoms with E-state index in [2.05, 4.69) is 15.3 Å². The van der Waals surface area contributed by atoms with E-state index in [1.54, 1.807) is 24.6 Å². The summed E-state index contributed by atoms with van der Waals surface area (Å²) in [4.78, 5) is 22.1. The van der Waals surface area contributed by atoms with Gasteiger partial charge in [0.15, 0.2) is 0 Å². The molecule has 1 atom stereocenters. The van der Waals surface area contributed by atoms with Crippen molar-refractivity contribution >= 4 is 27.0 Å². The summed E-state index contributed by atoms with van der Waals surface area (Å²) < 4.78 is 43.4. The van der Waals surface area contributed by atoms with Gasteiger partial charge in [-0.05, 0) is 75.6 Å². The summed E-state index contributed by atoms with van der Waals surface area (Å²) in [5.74, 6) is -1.55.